The van der Waals surface area contributed by atoms with E-state index in [2.05, 4.69) is 24.3 Å². The highest BCUT2D eigenvalue weighted by atomic mass is 16.5. The van der Waals surface area contributed by atoms with E-state index < -0.39 is 11.9 Å². The van der Waals surface area contributed by atoms with Crippen LogP contribution in [0.5, 0.6) is 0 Å². The molecule has 0 fully saturated rings. The number of nitrogens with one attached hydrogen (secondary N) is 1. The van der Waals surface area contributed by atoms with Gasteiger partial charge < -0.3 is 10.1 Å². The van der Waals surface area contributed by atoms with Gasteiger partial charge in [0.05, 0.1) is 6.20 Å². The molecule has 1 aromatic heterocycles. The first kappa shape index (κ1) is 19.4. The Morgan fingerprint density at radius 2 is 1.85 bits per heavy atom. The molecule has 2 aromatic rings. The van der Waals surface area contributed by atoms with Crippen LogP contribution in [0.3, 0.4) is 0 Å². The average molecular weight is 355 g/mol. The molecule has 0 aliphatic heterocycles. The van der Waals surface area contributed by atoms with Gasteiger partial charge in [0.1, 0.15) is 5.82 Å². The fourth-order valence-electron chi connectivity index (χ4n) is 2.34. The van der Waals surface area contributed by atoms with Crippen molar-refractivity contribution in [1.29, 1.82) is 0 Å². The van der Waals surface area contributed by atoms with Gasteiger partial charge >= 0.3 is 5.97 Å². The van der Waals surface area contributed by atoms with Gasteiger partial charge in [-0.25, -0.2) is 9.48 Å². The van der Waals surface area contributed by atoms with Gasteiger partial charge in [-0.15, -0.1) is 0 Å². The lowest BCUT2D eigenvalue weighted by molar-refractivity contribution is -0.142. The summed E-state index contributed by atoms with van der Waals surface area (Å²) in [4.78, 5) is 23.7. The minimum absolute atomic E-state index is 0.118. The van der Waals surface area contributed by atoms with E-state index in [9.17, 15) is 9.59 Å². The predicted molar refractivity (Wildman–Crippen MR) is 102 cm³/mol. The highest BCUT2D eigenvalue weighted by molar-refractivity contribution is 5.94. The van der Waals surface area contributed by atoms with Crippen LogP contribution in [0.4, 0.5) is 5.82 Å². The lowest BCUT2D eigenvalue weighted by Crippen LogP contribution is -2.22. The molecule has 0 unspecified atom stereocenters. The van der Waals surface area contributed by atoms with Crippen molar-refractivity contribution < 1.29 is 14.3 Å². The Balaban J connectivity index is 1.82. The number of anilines is 1. The second kappa shape index (κ2) is 8.99. The molecule has 0 saturated heterocycles. The third-order valence-electron chi connectivity index (χ3n) is 3.79. The Morgan fingerprint density at radius 3 is 2.46 bits per heavy atom. The molecule has 0 saturated carbocycles. The number of carbonyl (C=O) groups excluding carboxylic acids is 2. The number of ether oxygens (including phenoxy) is 1. The highest BCUT2D eigenvalue weighted by Gasteiger charge is 2.10. The summed E-state index contributed by atoms with van der Waals surface area (Å²) in [6, 6.07) is 9.76. The molecule has 0 bridgehead atoms. The van der Waals surface area contributed by atoms with Crippen molar-refractivity contribution in [1.82, 2.24) is 9.78 Å². The minimum Gasteiger partial charge on any atom is -0.452 e. The third-order valence-corrected chi connectivity index (χ3v) is 3.79. The monoisotopic (exact) mass is 355 g/mol. The number of rotatable bonds is 7. The molecule has 0 aliphatic rings. The van der Waals surface area contributed by atoms with Crippen molar-refractivity contribution in [3.05, 3.63) is 53.7 Å². The summed E-state index contributed by atoms with van der Waals surface area (Å²) in [7, 11) is 0. The quantitative estimate of drug-likeness (QED) is 0.606. The molecular weight excluding hydrogens is 330 g/mol. The predicted octanol–water partition coefficient (Wildman–Crippen LogP) is 3.78. The maximum absolute atomic E-state index is 11.9. The Hall–Kier alpha value is -2.89. The van der Waals surface area contributed by atoms with E-state index in [4.69, 9.17) is 4.74 Å². The number of amides is 1. The van der Waals surface area contributed by atoms with Gasteiger partial charge in [0.15, 0.2) is 6.61 Å². The van der Waals surface area contributed by atoms with Crippen LogP contribution >= 0.6 is 0 Å². The topological polar surface area (TPSA) is 73.2 Å². The Morgan fingerprint density at radius 1 is 1.15 bits per heavy atom. The number of hydrogen-bond acceptors (Lipinski definition) is 4. The molecule has 6 nitrogen and oxygen atoms in total. The molecule has 2 rings (SSSR count). The first-order valence-corrected chi connectivity index (χ1v) is 8.65. The molecule has 0 aliphatic carbocycles. The highest BCUT2D eigenvalue weighted by Crippen LogP contribution is 2.15. The third kappa shape index (κ3) is 5.58. The van der Waals surface area contributed by atoms with Crippen LogP contribution in [0.25, 0.3) is 6.08 Å². The summed E-state index contributed by atoms with van der Waals surface area (Å²) in [5.41, 5.74) is 2.14. The summed E-state index contributed by atoms with van der Waals surface area (Å²) < 4.78 is 6.65. The molecule has 0 atom stereocenters. The number of hydrogen-bond donors (Lipinski definition) is 1. The fourth-order valence-corrected chi connectivity index (χ4v) is 2.34. The Labute approximate surface area is 153 Å². The van der Waals surface area contributed by atoms with E-state index >= 15 is 0 Å². The normalized spacial score (nSPS) is 11.3. The van der Waals surface area contributed by atoms with Crippen LogP contribution in [0, 0.1) is 0 Å². The minimum atomic E-state index is -0.564. The van der Waals surface area contributed by atoms with E-state index in [1.165, 1.54) is 11.6 Å². The lowest BCUT2D eigenvalue weighted by atomic mass is 10.0. The van der Waals surface area contributed by atoms with Crippen LogP contribution in [0.2, 0.25) is 0 Å². The maximum Gasteiger partial charge on any atom is 0.331 e. The molecule has 0 radical (unpaired) electrons. The van der Waals surface area contributed by atoms with E-state index in [1.54, 1.807) is 23.0 Å². The zero-order valence-corrected chi connectivity index (χ0v) is 15.6. The molecule has 1 heterocycles. The zero-order chi connectivity index (χ0) is 19.1. The summed E-state index contributed by atoms with van der Waals surface area (Å²) in [5, 5.41) is 6.80. The van der Waals surface area contributed by atoms with Gasteiger partial charge in [0, 0.05) is 18.2 Å². The molecular formula is C20H25N3O3. The zero-order valence-electron chi connectivity index (χ0n) is 15.6. The summed E-state index contributed by atoms with van der Waals surface area (Å²) in [6.07, 6.45) is 4.59. The van der Waals surface area contributed by atoms with Gasteiger partial charge in [0.2, 0.25) is 0 Å². The van der Waals surface area contributed by atoms with Crippen LogP contribution in [0.1, 0.15) is 50.8 Å². The van der Waals surface area contributed by atoms with Gasteiger partial charge in [-0.2, -0.15) is 5.10 Å². The number of aromatic nitrogens is 2. The number of esters is 1. The molecule has 0 spiro atoms. The van der Waals surface area contributed by atoms with Crippen molar-refractivity contribution in [2.75, 3.05) is 11.9 Å². The Kier molecular flexibility index (Phi) is 6.72. The Bertz CT molecular complexity index is 774. The number of nitrogens with zero attached hydrogens (tertiary/aromatic N) is 2. The fraction of sp³-hybridized carbons (Fsp3) is 0.350. The summed E-state index contributed by atoms with van der Waals surface area (Å²) in [5.74, 6) is 0.0613. The second-order valence-corrected chi connectivity index (χ2v) is 6.57. The first-order valence-electron chi connectivity index (χ1n) is 8.65. The van der Waals surface area contributed by atoms with Crippen LogP contribution in [-0.4, -0.2) is 28.3 Å². The maximum atomic E-state index is 11.9. The van der Waals surface area contributed by atoms with Crippen molar-refractivity contribution in [3.8, 4) is 0 Å². The van der Waals surface area contributed by atoms with Crippen molar-refractivity contribution in [2.45, 2.75) is 39.7 Å². The van der Waals surface area contributed by atoms with Crippen LogP contribution in [-0.2, 0) is 14.3 Å². The van der Waals surface area contributed by atoms with Crippen LogP contribution in [0.15, 0.2) is 42.6 Å². The first-order chi connectivity index (χ1) is 12.4. The van der Waals surface area contributed by atoms with Crippen molar-refractivity contribution in [3.63, 3.8) is 0 Å². The smallest absolute Gasteiger partial charge is 0.331 e. The summed E-state index contributed by atoms with van der Waals surface area (Å²) in [6.45, 7) is 7.82. The van der Waals surface area contributed by atoms with Crippen LogP contribution < -0.4 is 5.32 Å². The SMILES string of the molecule is CC(C)c1ccc(/C=C/C(=O)OCC(=O)Nc2ccnn2C(C)C)cc1. The molecule has 6 heteroatoms. The number of carbonyl (C=O) groups is 2. The van der Waals surface area contributed by atoms with E-state index in [1.807, 2.05) is 38.1 Å². The van der Waals surface area contributed by atoms with E-state index in [0.29, 0.717) is 11.7 Å². The van der Waals surface area contributed by atoms with Gasteiger partial charge in [-0.05, 0) is 37.0 Å². The average Bonchev–Trinajstić information content (AvgIpc) is 3.06. The summed E-state index contributed by atoms with van der Waals surface area (Å²) >= 11 is 0. The van der Waals surface area contributed by atoms with Crippen molar-refractivity contribution in [2.24, 2.45) is 0 Å². The molecule has 1 aromatic carbocycles. The molecule has 26 heavy (non-hydrogen) atoms. The van der Waals surface area contributed by atoms with Gasteiger partial charge in [-0.1, -0.05) is 38.1 Å². The van der Waals surface area contributed by atoms with Gasteiger partial charge in [-0.3, -0.25) is 4.79 Å². The second-order valence-electron chi connectivity index (χ2n) is 6.57. The number of benzene rings is 1. The largest absolute Gasteiger partial charge is 0.452 e. The molecule has 1 N–H and O–H groups in total. The van der Waals surface area contributed by atoms with E-state index in [0.717, 1.165) is 5.56 Å². The van der Waals surface area contributed by atoms with Gasteiger partial charge in [0.25, 0.3) is 5.91 Å². The van der Waals surface area contributed by atoms with Crippen molar-refractivity contribution >= 4 is 23.8 Å². The standard InChI is InChI=1S/C20H25N3O3/c1-14(2)17-8-5-16(6-9-17)7-10-20(25)26-13-19(24)22-18-11-12-21-23(18)15(3)4/h5-12,14-15H,13H2,1-4H3,(H,22,24)/b10-7+. The molecule has 138 valence electrons. The molecule has 1 amide bonds. The van der Waals surface area contributed by atoms with E-state index in [-0.39, 0.29) is 12.6 Å². The lowest BCUT2D eigenvalue weighted by Gasteiger charge is -2.11.